The molecule has 0 saturated carbocycles. The van der Waals surface area contributed by atoms with Gasteiger partial charge in [0.25, 0.3) is 0 Å². The highest BCUT2D eigenvalue weighted by Crippen LogP contribution is 2.14. The van der Waals surface area contributed by atoms with E-state index in [1.807, 2.05) is 11.6 Å². The second kappa shape index (κ2) is 32.2. The van der Waals surface area contributed by atoms with Crippen LogP contribution in [0.3, 0.4) is 0 Å². The van der Waals surface area contributed by atoms with E-state index in [9.17, 15) is 0 Å². The Morgan fingerprint density at radius 3 is 2.05 bits per heavy atom. The van der Waals surface area contributed by atoms with E-state index in [2.05, 4.69) is 10.3 Å². The molecule has 0 aromatic heterocycles. The molecule has 0 fully saturated rings. The minimum Gasteiger partial charge on any atom is -0.394 e. The van der Waals surface area contributed by atoms with Crippen molar-refractivity contribution in [3.8, 4) is 0 Å². The first-order chi connectivity index (χ1) is 21.1. The maximum atomic E-state index is 9.16. The zero-order chi connectivity index (χ0) is 31.8. The molecular weight excluding hydrogens is 570 g/mol. The number of nitrogens with two attached hydrogens (primary N) is 2. The van der Waals surface area contributed by atoms with E-state index in [0.29, 0.717) is 57.5 Å². The number of aliphatic hydroxyl groups is 4. The van der Waals surface area contributed by atoms with Crippen LogP contribution >= 0.6 is 0 Å². The van der Waals surface area contributed by atoms with Crippen LogP contribution in [0.25, 0.3) is 0 Å². The predicted molar refractivity (Wildman–Crippen MR) is 160 cm³/mol. The topological polar surface area (TPSA) is 225 Å². The molecule has 0 radical (unpaired) electrons. The second-order valence-corrected chi connectivity index (χ2v) is 9.29. The average molecular weight is 629 g/mol. The van der Waals surface area contributed by atoms with Crippen LogP contribution in [0.4, 0.5) is 0 Å². The maximum Gasteiger partial charge on any atom is 0.247 e. The molecule has 0 saturated heterocycles. The highest BCUT2D eigenvalue weighted by Gasteiger charge is 2.22. The molecule has 43 heavy (non-hydrogen) atoms. The van der Waals surface area contributed by atoms with Gasteiger partial charge in [-0.2, -0.15) is 0 Å². The third kappa shape index (κ3) is 23.8. The van der Waals surface area contributed by atoms with Gasteiger partial charge >= 0.3 is 0 Å². The highest BCUT2D eigenvalue weighted by atomic mass is 16.5. The molecule has 0 aromatic carbocycles. The second-order valence-electron chi connectivity index (χ2n) is 9.29. The van der Waals surface area contributed by atoms with Gasteiger partial charge in [-0.25, -0.2) is 4.58 Å². The van der Waals surface area contributed by atoms with Gasteiger partial charge in [0, 0.05) is 19.2 Å². The van der Waals surface area contributed by atoms with E-state index in [-0.39, 0.29) is 98.2 Å². The minimum atomic E-state index is -0.139. The largest absolute Gasteiger partial charge is 0.394 e. The molecule has 16 nitrogen and oxygen atoms in total. The SMILES string of the molecule is C/[N+](COCCN)=C(\COCCO)C(COCCO)=NCCOCNC(COCCO)C(CCCOCN)COCCO. The molecule has 0 bridgehead atoms. The molecule has 2 unspecified atom stereocenters. The number of rotatable bonds is 33. The van der Waals surface area contributed by atoms with Crippen LogP contribution in [0, 0.1) is 5.92 Å². The number of ether oxygens (including phenoxy) is 7. The molecule has 256 valence electrons. The molecule has 0 amide bonds. The van der Waals surface area contributed by atoms with E-state index in [4.69, 9.17) is 65.1 Å². The zero-order valence-electron chi connectivity index (χ0n) is 25.9. The number of nitrogens with zero attached hydrogens (tertiary/aromatic N) is 2. The number of hydrogen-bond acceptors (Lipinski definition) is 15. The molecule has 0 spiro atoms. The first-order valence-electron chi connectivity index (χ1n) is 14.8. The smallest absolute Gasteiger partial charge is 0.247 e. The van der Waals surface area contributed by atoms with Crippen molar-refractivity contribution in [1.82, 2.24) is 5.32 Å². The lowest BCUT2D eigenvalue weighted by Crippen LogP contribution is -2.43. The van der Waals surface area contributed by atoms with Gasteiger partial charge in [0.05, 0.1) is 106 Å². The Labute approximate surface area is 255 Å². The lowest BCUT2D eigenvalue weighted by Gasteiger charge is -2.28. The van der Waals surface area contributed by atoms with Crippen LogP contribution in [-0.4, -0.2) is 182 Å². The highest BCUT2D eigenvalue weighted by molar-refractivity contribution is 6.41. The summed E-state index contributed by atoms with van der Waals surface area (Å²) in [5.41, 5.74) is 12.3. The summed E-state index contributed by atoms with van der Waals surface area (Å²) in [5, 5.41) is 39.9. The fourth-order valence-corrected chi connectivity index (χ4v) is 3.81. The Hall–Kier alpha value is -1.22. The summed E-state index contributed by atoms with van der Waals surface area (Å²) in [4.78, 5) is 4.68. The quantitative estimate of drug-likeness (QED) is 0.0164. The fraction of sp³-hybridized carbons (Fsp3) is 0.926. The Morgan fingerprint density at radius 1 is 0.744 bits per heavy atom. The summed E-state index contributed by atoms with van der Waals surface area (Å²) in [5.74, 6) is 0.0385. The van der Waals surface area contributed by atoms with Crippen molar-refractivity contribution in [2.75, 3.05) is 139 Å². The van der Waals surface area contributed by atoms with Gasteiger partial charge in [-0.1, -0.05) is 0 Å². The average Bonchev–Trinajstić information content (AvgIpc) is 3.01. The van der Waals surface area contributed by atoms with E-state index in [0.717, 1.165) is 12.8 Å². The third-order valence-electron chi connectivity index (χ3n) is 5.93. The predicted octanol–water partition coefficient (Wildman–Crippen LogP) is -3.26. The van der Waals surface area contributed by atoms with Gasteiger partial charge in [-0.3, -0.25) is 10.3 Å². The molecule has 16 heteroatoms. The van der Waals surface area contributed by atoms with Crippen LogP contribution in [0.15, 0.2) is 4.99 Å². The normalized spacial score (nSPS) is 14.3. The van der Waals surface area contributed by atoms with E-state index in [1.54, 1.807) is 0 Å². The standard InChI is InChI=1S/C27H58N5O11/c1-32(23-43-11-4-28)27(20-40-16-9-36)26(19-39-15-8-35)30-5-12-42-22-31-25(18-38-14-7-34)24(17-37-13-6-33)3-2-10-41-21-29/h24-25,31,33-36H,2-23,28-29H2,1H3/q+1/b30-26?,32-27-. The molecule has 0 aliphatic carbocycles. The summed E-state index contributed by atoms with van der Waals surface area (Å²) < 4.78 is 40.8. The van der Waals surface area contributed by atoms with Crippen LogP contribution in [0.2, 0.25) is 0 Å². The molecule has 0 rings (SSSR count). The first-order valence-corrected chi connectivity index (χ1v) is 14.8. The van der Waals surface area contributed by atoms with Crippen LogP contribution in [0.5, 0.6) is 0 Å². The molecular formula is C27H58N5O11+. The van der Waals surface area contributed by atoms with Crippen molar-refractivity contribution in [2.24, 2.45) is 22.4 Å². The molecule has 9 N–H and O–H groups in total. The van der Waals surface area contributed by atoms with Crippen LogP contribution < -0.4 is 16.8 Å². The van der Waals surface area contributed by atoms with E-state index < -0.39 is 0 Å². The molecule has 0 aliphatic rings. The van der Waals surface area contributed by atoms with Crippen molar-refractivity contribution in [1.29, 1.82) is 0 Å². The van der Waals surface area contributed by atoms with Gasteiger partial charge < -0.3 is 65.1 Å². The van der Waals surface area contributed by atoms with Crippen LogP contribution in [-0.2, 0) is 33.2 Å². The Morgan fingerprint density at radius 2 is 1.40 bits per heavy atom. The molecule has 0 aliphatic heterocycles. The van der Waals surface area contributed by atoms with E-state index >= 15 is 0 Å². The summed E-state index contributed by atoms with van der Waals surface area (Å²) >= 11 is 0. The first kappa shape index (κ1) is 41.8. The van der Waals surface area contributed by atoms with Gasteiger partial charge in [-0.15, -0.1) is 0 Å². The van der Waals surface area contributed by atoms with Gasteiger partial charge in [-0.05, 0) is 18.8 Å². The minimum absolute atomic E-state index is 0.0385. The third-order valence-corrected chi connectivity index (χ3v) is 5.93. The van der Waals surface area contributed by atoms with Gasteiger partial charge in [0.1, 0.15) is 19.4 Å². The van der Waals surface area contributed by atoms with Crippen molar-refractivity contribution in [2.45, 2.75) is 18.9 Å². The number of hydrogen-bond donors (Lipinski definition) is 7. The van der Waals surface area contributed by atoms with Crippen molar-refractivity contribution >= 4 is 11.4 Å². The lowest BCUT2D eigenvalue weighted by molar-refractivity contribution is -0.541. The van der Waals surface area contributed by atoms with Gasteiger partial charge in [0.15, 0.2) is 0 Å². The number of nitrogens with one attached hydrogen (secondary N) is 1. The van der Waals surface area contributed by atoms with Gasteiger partial charge in [0.2, 0.25) is 12.4 Å². The fourth-order valence-electron chi connectivity index (χ4n) is 3.81. The summed E-state index contributed by atoms with van der Waals surface area (Å²) in [6.45, 7) is 4.01. The zero-order valence-corrected chi connectivity index (χ0v) is 25.9. The molecule has 2 atom stereocenters. The Kier molecular flexibility index (Phi) is 31.3. The number of aliphatic imine (C=N–C) groups is 1. The van der Waals surface area contributed by atoms with Crippen molar-refractivity contribution < 1.29 is 58.2 Å². The summed E-state index contributed by atoms with van der Waals surface area (Å²) in [6.07, 6.45) is 1.54. The van der Waals surface area contributed by atoms with Crippen LogP contribution in [0.1, 0.15) is 12.8 Å². The Balaban J connectivity index is 5.32. The van der Waals surface area contributed by atoms with Crippen molar-refractivity contribution in [3.63, 3.8) is 0 Å². The summed E-state index contributed by atoms with van der Waals surface area (Å²) in [6, 6.07) is -0.139. The number of aliphatic hydroxyl groups excluding tert-OH is 4. The molecule has 0 heterocycles. The molecule has 0 aromatic rings. The Bertz CT molecular complexity index is 677. The monoisotopic (exact) mass is 628 g/mol. The van der Waals surface area contributed by atoms with Crippen molar-refractivity contribution in [3.05, 3.63) is 0 Å². The lowest BCUT2D eigenvalue weighted by atomic mass is 9.96. The van der Waals surface area contributed by atoms with E-state index in [1.165, 1.54) is 0 Å². The maximum absolute atomic E-state index is 9.16. The summed E-state index contributed by atoms with van der Waals surface area (Å²) in [7, 11) is 1.83.